The molecule has 0 aliphatic carbocycles. The number of aromatic amines is 1. The summed E-state index contributed by atoms with van der Waals surface area (Å²) >= 11 is 0. The van der Waals surface area contributed by atoms with Crippen molar-refractivity contribution in [3.8, 4) is 11.3 Å². The number of rotatable bonds is 6. The lowest BCUT2D eigenvalue weighted by molar-refractivity contribution is 0.568. The molecule has 5 nitrogen and oxygen atoms in total. The van der Waals surface area contributed by atoms with Gasteiger partial charge in [0.2, 0.25) is 10.0 Å². The van der Waals surface area contributed by atoms with E-state index in [-0.39, 0.29) is 11.7 Å². The zero-order valence-electron chi connectivity index (χ0n) is 11.6. The van der Waals surface area contributed by atoms with Crippen LogP contribution in [0.2, 0.25) is 0 Å². The lowest BCUT2D eigenvalue weighted by Gasteiger charge is -2.09. The van der Waals surface area contributed by atoms with Crippen molar-refractivity contribution in [1.29, 1.82) is 0 Å². The Labute approximate surface area is 119 Å². The van der Waals surface area contributed by atoms with Crippen LogP contribution in [0.3, 0.4) is 0 Å². The molecule has 0 fully saturated rings. The molecule has 0 saturated carbocycles. The minimum atomic E-state index is -3.20. The first kappa shape index (κ1) is 14.7. The van der Waals surface area contributed by atoms with Gasteiger partial charge in [-0.1, -0.05) is 38.1 Å². The maximum Gasteiger partial charge on any atom is 0.212 e. The predicted octanol–water partition coefficient (Wildman–Crippen LogP) is 2.15. The Kier molecular flexibility index (Phi) is 4.57. The van der Waals surface area contributed by atoms with Gasteiger partial charge in [0.25, 0.3) is 0 Å². The summed E-state index contributed by atoms with van der Waals surface area (Å²) in [5.74, 6) is 0.273. The largest absolute Gasteiger partial charge is 0.278 e. The summed E-state index contributed by atoms with van der Waals surface area (Å²) < 4.78 is 26.1. The van der Waals surface area contributed by atoms with Crippen molar-refractivity contribution >= 4 is 10.0 Å². The van der Waals surface area contributed by atoms with Gasteiger partial charge in [0.05, 0.1) is 11.4 Å². The SMILES string of the molecule is CC(C)CS(=O)(=O)NCc1ccc(-c2ccn[nH]2)cc1. The van der Waals surface area contributed by atoms with E-state index in [4.69, 9.17) is 0 Å². The average Bonchev–Trinajstić information content (AvgIpc) is 2.89. The third kappa shape index (κ3) is 4.18. The average molecular weight is 293 g/mol. The molecule has 6 heteroatoms. The third-order valence-electron chi connectivity index (χ3n) is 2.81. The first-order chi connectivity index (χ1) is 9.46. The van der Waals surface area contributed by atoms with Gasteiger partial charge in [-0.15, -0.1) is 0 Å². The second kappa shape index (κ2) is 6.19. The molecule has 2 aromatic rings. The Hall–Kier alpha value is -1.66. The van der Waals surface area contributed by atoms with E-state index in [2.05, 4.69) is 14.9 Å². The number of nitrogens with zero attached hydrogens (tertiary/aromatic N) is 1. The van der Waals surface area contributed by atoms with E-state index >= 15 is 0 Å². The molecular formula is C14H19N3O2S. The van der Waals surface area contributed by atoms with Gasteiger partial charge in [0, 0.05) is 12.7 Å². The molecule has 1 aromatic carbocycles. The van der Waals surface area contributed by atoms with Crippen molar-refractivity contribution in [3.05, 3.63) is 42.1 Å². The quantitative estimate of drug-likeness (QED) is 0.857. The molecule has 0 spiro atoms. The van der Waals surface area contributed by atoms with Crippen LogP contribution in [-0.2, 0) is 16.6 Å². The standard InChI is InChI=1S/C14H19N3O2S/c1-11(2)10-20(18,19)16-9-12-3-5-13(6-4-12)14-7-8-15-17-14/h3-8,11,16H,9-10H2,1-2H3,(H,15,17). The lowest BCUT2D eigenvalue weighted by atomic mass is 10.1. The number of sulfonamides is 1. The second-order valence-corrected chi connectivity index (χ2v) is 7.02. The molecule has 0 unspecified atom stereocenters. The zero-order chi connectivity index (χ0) is 14.6. The molecular weight excluding hydrogens is 274 g/mol. The smallest absolute Gasteiger partial charge is 0.212 e. The Balaban J connectivity index is 1.98. The highest BCUT2D eigenvalue weighted by Gasteiger charge is 2.12. The van der Waals surface area contributed by atoms with Crippen LogP contribution >= 0.6 is 0 Å². The number of aromatic nitrogens is 2. The van der Waals surface area contributed by atoms with E-state index in [1.165, 1.54) is 0 Å². The molecule has 2 rings (SSSR count). The molecule has 0 amide bonds. The number of hydrogen-bond acceptors (Lipinski definition) is 3. The first-order valence-electron chi connectivity index (χ1n) is 6.52. The minimum Gasteiger partial charge on any atom is -0.278 e. The molecule has 1 heterocycles. The second-order valence-electron chi connectivity index (χ2n) is 5.16. The summed E-state index contributed by atoms with van der Waals surface area (Å²) in [6.07, 6.45) is 1.70. The fraction of sp³-hybridized carbons (Fsp3) is 0.357. The minimum absolute atomic E-state index is 0.121. The highest BCUT2D eigenvalue weighted by molar-refractivity contribution is 7.89. The van der Waals surface area contributed by atoms with E-state index in [0.29, 0.717) is 6.54 Å². The number of benzene rings is 1. The van der Waals surface area contributed by atoms with E-state index in [1.807, 2.05) is 44.2 Å². The summed E-state index contributed by atoms with van der Waals surface area (Å²) in [6, 6.07) is 9.60. The van der Waals surface area contributed by atoms with Crippen LogP contribution in [-0.4, -0.2) is 24.4 Å². The van der Waals surface area contributed by atoms with Gasteiger partial charge in [-0.2, -0.15) is 5.10 Å². The Morgan fingerprint density at radius 2 is 1.90 bits per heavy atom. The van der Waals surface area contributed by atoms with Gasteiger partial charge in [0.15, 0.2) is 0 Å². The van der Waals surface area contributed by atoms with Crippen molar-refractivity contribution in [2.24, 2.45) is 5.92 Å². The Morgan fingerprint density at radius 1 is 1.20 bits per heavy atom. The van der Waals surface area contributed by atoms with Crippen molar-refractivity contribution in [1.82, 2.24) is 14.9 Å². The number of hydrogen-bond donors (Lipinski definition) is 2. The lowest BCUT2D eigenvalue weighted by Crippen LogP contribution is -2.28. The fourth-order valence-electron chi connectivity index (χ4n) is 1.91. The van der Waals surface area contributed by atoms with E-state index in [0.717, 1.165) is 16.8 Å². The summed E-state index contributed by atoms with van der Waals surface area (Å²) in [7, 11) is -3.20. The molecule has 2 N–H and O–H groups in total. The van der Waals surface area contributed by atoms with Crippen LogP contribution in [0, 0.1) is 5.92 Å². The molecule has 1 aromatic heterocycles. The maximum absolute atomic E-state index is 11.7. The number of nitrogens with one attached hydrogen (secondary N) is 2. The van der Waals surface area contributed by atoms with Gasteiger partial charge in [-0.05, 0) is 23.1 Å². The van der Waals surface area contributed by atoms with Crippen molar-refractivity contribution in [2.45, 2.75) is 20.4 Å². The third-order valence-corrected chi connectivity index (χ3v) is 4.50. The molecule has 20 heavy (non-hydrogen) atoms. The molecule has 0 saturated heterocycles. The topological polar surface area (TPSA) is 74.8 Å². The summed E-state index contributed by atoms with van der Waals surface area (Å²) in [5, 5.41) is 6.79. The molecule has 0 aliphatic heterocycles. The normalized spacial score (nSPS) is 11.9. The van der Waals surface area contributed by atoms with Gasteiger partial charge in [-0.25, -0.2) is 13.1 Å². The van der Waals surface area contributed by atoms with Gasteiger partial charge < -0.3 is 0 Å². The monoisotopic (exact) mass is 293 g/mol. The Morgan fingerprint density at radius 3 is 2.45 bits per heavy atom. The van der Waals surface area contributed by atoms with E-state index in [9.17, 15) is 8.42 Å². The highest BCUT2D eigenvalue weighted by Crippen LogP contribution is 2.16. The summed E-state index contributed by atoms with van der Waals surface area (Å²) in [5.41, 5.74) is 2.90. The fourth-order valence-corrected chi connectivity index (χ4v) is 3.29. The molecule has 0 aliphatic rings. The predicted molar refractivity (Wildman–Crippen MR) is 79.5 cm³/mol. The number of H-pyrrole nitrogens is 1. The van der Waals surface area contributed by atoms with Crippen LogP contribution in [0.15, 0.2) is 36.5 Å². The first-order valence-corrected chi connectivity index (χ1v) is 8.17. The molecule has 0 radical (unpaired) electrons. The maximum atomic E-state index is 11.7. The van der Waals surface area contributed by atoms with Crippen LogP contribution in [0.4, 0.5) is 0 Å². The molecule has 108 valence electrons. The van der Waals surface area contributed by atoms with Gasteiger partial charge in [-0.3, -0.25) is 5.10 Å². The van der Waals surface area contributed by atoms with Crippen LogP contribution < -0.4 is 4.72 Å². The van der Waals surface area contributed by atoms with Crippen molar-refractivity contribution < 1.29 is 8.42 Å². The highest BCUT2D eigenvalue weighted by atomic mass is 32.2. The van der Waals surface area contributed by atoms with E-state index < -0.39 is 10.0 Å². The van der Waals surface area contributed by atoms with Crippen LogP contribution in [0.1, 0.15) is 19.4 Å². The molecule has 0 bridgehead atoms. The molecule has 0 atom stereocenters. The van der Waals surface area contributed by atoms with Crippen LogP contribution in [0.25, 0.3) is 11.3 Å². The summed E-state index contributed by atoms with van der Waals surface area (Å²) in [6.45, 7) is 4.09. The van der Waals surface area contributed by atoms with Crippen molar-refractivity contribution in [3.63, 3.8) is 0 Å². The zero-order valence-corrected chi connectivity index (χ0v) is 12.4. The van der Waals surface area contributed by atoms with Crippen molar-refractivity contribution in [2.75, 3.05) is 5.75 Å². The van der Waals surface area contributed by atoms with Gasteiger partial charge in [0.1, 0.15) is 0 Å². The Bertz CT molecular complexity index is 632. The van der Waals surface area contributed by atoms with Gasteiger partial charge >= 0.3 is 0 Å². The van der Waals surface area contributed by atoms with E-state index in [1.54, 1.807) is 6.20 Å². The van der Waals surface area contributed by atoms with Crippen LogP contribution in [0.5, 0.6) is 0 Å². The summed E-state index contributed by atoms with van der Waals surface area (Å²) in [4.78, 5) is 0.